The first kappa shape index (κ1) is 31.7. The minimum atomic E-state index is -4.00. The number of esters is 1. The maximum Gasteiger partial charge on any atom is 0.312 e. The average molecular weight is 693 g/mol. The number of fused-ring (bicyclic) bond motifs is 6. The molecule has 1 unspecified atom stereocenters. The summed E-state index contributed by atoms with van der Waals surface area (Å²) in [5, 5.41) is 4.93. The van der Waals surface area contributed by atoms with E-state index in [1.165, 1.54) is 28.0 Å². The molecule has 0 saturated heterocycles. The van der Waals surface area contributed by atoms with Crippen LogP contribution in [0.2, 0.25) is 4.34 Å². The smallest absolute Gasteiger partial charge is 0.312 e. The van der Waals surface area contributed by atoms with Crippen LogP contribution < -0.4 is 9.42 Å². The Morgan fingerprint density at radius 2 is 1.98 bits per heavy atom. The number of sulfonamides is 1. The normalized spacial score (nSPS) is 20.3. The second-order valence-corrected chi connectivity index (χ2v) is 16.2. The van der Waals surface area contributed by atoms with Gasteiger partial charge in [-0.25, -0.2) is 8.42 Å². The molecule has 0 spiro atoms. The van der Waals surface area contributed by atoms with Crippen LogP contribution in [0, 0.1) is 12.3 Å². The van der Waals surface area contributed by atoms with Crippen LogP contribution in [0.3, 0.4) is 0 Å². The number of benzene rings is 2. The summed E-state index contributed by atoms with van der Waals surface area (Å²) in [7, 11) is -4.00. The van der Waals surface area contributed by atoms with E-state index < -0.39 is 27.5 Å². The molecule has 0 aliphatic carbocycles. The van der Waals surface area contributed by atoms with Crippen LogP contribution in [0.1, 0.15) is 53.8 Å². The van der Waals surface area contributed by atoms with E-state index in [2.05, 4.69) is 18.0 Å². The monoisotopic (exact) mass is 692 g/mol. The van der Waals surface area contributed by atoms with Crippen molar-refractivity contribution in [2.24, 2.45) is 5.41 Å². The molecule has 3 aromatic heterocycles. The summed E-state index contributed by atoms with van der Waals surface area (Å²) in [5.41, 5.74) is 4.25. The molecule has 3 atom stereocenters. The molecule has 10 nitrogen and oxygen atoms in total. The van der Waals surface area contributed by atoms with Crippen molar-refractivity contribution in [3.05, 3.63) is 98.5 Å². The molecule has 6 bridgehead atoms. The van der Waals surface area contributed by atoms with Crippen molar-refractivity contribution in [3.8, 4) is 5.75 Å². The number of halogens is 1. The van der Waals surface area contributed by atoms with Crippen LogP contribution in [0.25, 0.3) is 11.0 Å². The minimum absolute atomic E-state index is 0.00811. The highest BCUT2D eigenvalue weighted by molar-refractivity contribution is 7.89. The van der Waals surface area contributed by atoms with Crippen LogP contribution in [-0.2, 0) is 45.8 Å². The van der Waals surface area contributed by atoms with Gasteiger partial charge in [-0.15, -0.1) is 20.7 Å². The fourth-order valence-corrected chi connectivity index (χ4v) is 9.80. The van der Waals surface area contributed by atoms with Crippen molar-refractivity contribution in [2.75, 3.05) is 6.54 Å². The molecule has 0 radical (unpaired) electrons. The van der Waals surface area contributed by atoms with Gasteiger partial charge in [0.2, 0.25) is 15.5 Å². The minimum Gasteiger partial charge on any atom is -0.483 e. The summed E-state index contributed by atoms with van der Waals surface area (Å²) < 4.78 is 46.2. The van der Waals surface area contributed by atoms with Crippen LogP contribution in [0.5, 0.6) is 5.75 Å². The van der Waals surface area contributed by atoms with Crippen LogP contribution in [-0.4, -0.2) is 46.2 Å². The lowest BCUT2D eigenvalue weighted by Crippen LogP contribution is -2.49. The predicted octanol–water partition coefficient (Wildman–Crippen LogP) is 5.63. The van der Waals surface area contributed by atoms with Gasteiger partial charge in [-0.05, 0) is 62.6 Å². The number of carbonyl (C=O) groups is 1. The quantitative estimate of drug-likeness (QED) is 0.174. The molecule has 244 valence electrons. The Hall–Kier alpha value is -3.84. The molecule has 2 aliphatic rings. The van der Waals surface area contributed by atoms with E-state index in [1.807, 2.05) is 72.6 Å². The van der Waals surface area contributed by atoms with Crippen molar-refractivity contribution >= 4 is 50.0 Å². The summed E-state index contributed by atoms with van der Waals surface area (Å²) in [5.74, 6) is -0.556. The molecule has 0 amide bonds. The first-order valence-corrected chi connectivity index (χ1v) is 18.1. The summed E-state index contributed by atoms with van der Waals surface area (Å²) in [6, 6.07) is 17.2. The van der Waals surface area contributed by atoms with Crippen molar-refractivity contribution in [1.82, 2.24) is 19.2 Å². The Bertz CT molecular complexity index is 2110. The van der Waals surface area contributed by atoms with E-state index in [0.717, 1.165) is 32.6 Å². The number of carbonyl (C=O) groups excluding carboxylic acids is 1. The predicted molar refractivity (Wildman–Crippen MR) is 178 cm³/mol. The number of aromatic nitrogens is 4. The highest BCUT2D eigenvalue weighted by Crippen LogP contribution is 2.48. The van der Waals surface area contributed by atoms with Gasteiger partial charge in [-0.3, -0.25) is 9.78 Å². The Balaban J connectivity index is 1.42. The van der Waals surface area contributed by atoms with Crippen molar-refractivity contribution < 1.29 is 27.4 Å². The first-order valence-electron chi connectivity index (χ1n) is 15.5. The lowest BCUT2D eigenvalue weighted by atomic mass is 9.72. The molecule has 2 aromatic carbocycles. The topological polar surface area (TPSA) is 108 Å². The molecule has 0 N–H and O–H groups in total. The van der Waals surface area contributed by atoms with Gasteiger partial charge in [0.05, 0.1) is 27.7 Å². The maximum atomic E-state index is 14.1. The van der Waals surface area contributed by atoms with Crippen molar-refractivity contribution in [3.63, 3.8) is 0 Å². The fraction of sp³-hybridized carbons (Fsp3) is 0.353. The Labute approximate surface area is 282 Å². The third-order valence-corrected chi connectivity index (χ3v) is 12.4. The molecule has 2 aliphatic heterocycles. The number of hydrogen-bond acceptors (Lipinski definition) is 8. The largest absolute Gasteiger partial charge is 0.483 e. The van der Waals surface area contributed by atoms with Gasteiger partial charge in [0.1, 0.15) is 23.8 Å². The number of thiophene rings is 1. The molecule has 13 heteroatoms. The van der Waals surface area contributed by atoms with Gasteiger partial charge in [0.15, 0.2) is 18.2 Å². The highest BCUT2D eigenvalue weighted by atomic mass is 35.5. The van der Waals surface area contributed by atoms with Crippen LogP contribution in [0.15, 0.2) is 71.9 Å². The van der Waals surface area contributed by atoms with Gasteiger partial charge in [-0.1, -0.05) is 48.0 Å². The SMILES string of the molecule is CCn1n[n+]2c3c(C)c(ccc31)[C@@H](C(C)(C)C(=O)OCc1ccccc1)c1cc(c(Cl)s1)CN1C[C@@H](C2)Oc2ccncc2S1(=O)=O. The van der Waals surface area contributed by atoms with Crippen molar-refractivity contribution in [2.45, 2.75) is 70.9 Å². The third-order valence-electron chi connectivity index (χ3n) is 9.12. The second-order valence-electron chi connectivity index (χ2n) is 12.6. The lowest BCUT2D eigenvalue weighted by Gasteiger charge is -2.33. The van der Waals surface area contributed by atoms with E-state index in [9.17, 15) is 13.2 Å². The molecule has 7 rings (SSSR count). The van der Waals surface area contributed by atoms with Gasteiger partial charge < -0.3 is 9.47 Å². The van der Waals surface area contributed by atoms with E-state index in [4.69, 9.17) is 26.3 Å². The van der Waals surface area contributed by atoms with Gasteiger partial charge in [-0.2, -0.15) is 4.31 Å². The maximum absolute atomic E-state index is 14.1. The van der Waals surface area contributed by atoms with Crippen molar-refractivity contribution in [1.29, 1.82) is 0 Å². The Kier molecular flexibility index (Phi) is 8.10. The summed E-state index contributed by atoms with van der Waals surface area (Å²) in [4.78, 5) is 19.0. The van der Waals surface area contributed by atoms with Crippen LogP contribution in [0.4, 0.5) is 0 Å². The third kappa shape index (κ3) is 5.50. The number of rotatable bonds is 5. The molecular formula is C34H35ClN5O5S2+. The summed E-state index contributed by atoms with van der Waals surface area (Å²) >= 11 is 8.29. The number of pyridine rings is 1. The molecule has 0 saturated carbocycles. The molecule has 5 heterocycles. The second kappa shape index (κ2) is 12.0. The van der Waals surface area contributed by atoms with E-state index in [1.54, 1.807) is 6.07 Å². The Morgan fingerprint density at radius 1 is 1.19 bits per heavy atom. The number of hydrogen-bond donors (Lipinski definition) is 0. The average Bonchev–Trinajstić information content (AvgIpc) is 3.56. The first-order chi connectivity index (χ1) is 22.5. The molecule has 5 aromatic rings. The number of nitrogens with zero attached hydrogens (tertiary/aromatic N) is 5. The van der Waals surface area contributed by atoms with E-state index in [-0.39, 0.29) is 42.9 Å². The summed E-state index contributed by atoms with van der Waals surface area (Å²) in [6.45, 7) is 9.04. The number of ether oxygens (including phenoxy) is 2. The molecule has 47 heavy (non-hydrogen) atoms. The van der Waals surface area contributed by atoms with Crippen LogP contribution >= 0.6 is 22.9 Å². The Morgan fingerprint density at radius 3 is 2.74 bits per heavy atom. The molecule has 0 fully saturated rings. The molecular weight excluding hydrogens is 658 g/mol. The lowest BCUT2D eigenvalue weighted by molar-refractivity contribution is -0.738. The highest BCUT2D eigenvalue weighted by Gasteiger charge is 2.44. The fourth-order valence-electron chi connectivity index (χ4n) is 6.70. The summed E-state index contributed by atoms with van der Waals surface area (Å²) in [6.07, 6.45) is 2.29. The van der Waals surface area contributed by atoms with Gasteiger partial charge >= 0.3 is 5.97 Å². The van der Waals surface area contributed by atoms with Gasteiger partial charge in [0.25, 0.3) is 0 Å². The zero-order chi connectivity index (χ0) is 33.1. The number of aryl methyl sites for hydroxylation is 2. The zero-order valence-electron chi connectivity index (χ0n) is 26.5. The van der Waals surface area contributed by atoms with Gasteiger partial charge in [0, 0.05) is 29.1 Å². The zero-order valence-corrected chi connectivity index (χ0v) is 28.9. The van der Waals surface area contributed by atoms with E-state index in [0.29, 0.717) is 16.4 Å². The van der Waals surface area contributed by atoms with E-state index >= 15 is 0 Å². The standard InChI is InChI=1S/C34H35ClN5O5S2/c1-5-39-26-12-11-25-21(2)31(26)40(37-39)19-24-18-38(47(42,43)29-16-36-14-13-27(29)45-24)17-23-15-28(46-32(23)35)30(25)34(3,4)33(41)44-20-22-9-7-6-8-10-22/h6-16,24,30H,5,17-20H2,1-4H3/q+1/t24-,30+/m0/s1.